The highest BCUT2D eigenvalue weighted by Crippen LogP contribution is 2.41. The Kier molecular flexibility index (Phi) is 2.61. The van der Waals surface area contributed by atoms with Gasteiger partial charge in [0.05, 0.1) is 16.3 Å². The first-order valence-electron chi connectivity index (χ1n) is 6.44. The van der Waals surface area contributed by atoms with Gasteiger partial charge in [0, 0.05) is 25.2 Å². The van der Waals surface area contributed by atoms with E-state index in [0.717, 1.165) is 30.6 Å². The Morgan fingerprint density at radius 2 is 1.94 bits per heavy atom. The molecule has 0 aromatic heterocycles. The van der Waals surface area contributed by atoms with Crippen molar-refractivity contribution in [3.8, 4) is 0 Å². The van der Waals surface area contributed by atoms with E-state index in [9.17, 15) is 10.1 Å². The van der Waals surface area contributed by atoms with Crippen LogP contribution in [0.25, 0.3) is 0 Å². The standard InChI is InChI=1S/C13H17N3O2/c14-12-6-11(16(17)18)4-5-13(12)15-7-9-2-1-3-10(9)8-15/h4-6,9-10H,1-3,7-8,14H2. The van der Waals surface area contributed by atoms with Gasteiger partial charge in [-0.2, -0.15) is 0 Å². The van der Waals surface area contributed by atoms with Crippen LogP contribution < -0.4 is 10.6 Å². The molecule has 0 bridgehead atoms. The lowest BCUT2D eigenvalue weighted by Crippen LogP contribution is -2.21. The zero-order valence-corrected chi connectivity index (χ0v) is 10.2. The van der Waals surface area contributed by atoms with Crippen molar-refractivity contribution >= 4 is 17.1 Å². The smallest absolute Gasteiger partial charge is 0.271 e. The van der Waals surface area contributed by atoms with Gasteiger partial charge < -0.3 is 10.6 Å². The SMILES string of the molecule is Nc1cc([N+](=O)[O-])ccc1N1CC2CCCC2C1. The number of hydrogen-bond donors (Lipinski definition) is 1. The molecule has 0 radical (unpaired) electrons. The molecule has 1 aliphatic carbocycles. The molecule has 0 amide bonds. The predicted molar refractivity (Wildman–Crippen MR) is 70.6 cm³/mol. The maximum Gasteiger partial charge on any atom is 0.271 e. The third-order valence-electron chi connectivity index (χ3n) is 4.29. The summed E-state index contributed by atoms with van der Waals surface area (Å²) < 4.78 is 0. The molecule has 1 saturated carbocycles. The lowest BCUT2D eigenvalue weighted by atomic mass is 10.0. The summed E-state index contributed by atoms with van der Waals surface area (Å²) in [6.45, 7) is 2.10. The van der Waals surface area contributed by atoms with Crippen molar-refractivity contribution < 1.29 is 4.92 Å². The number of nitrogens with two attached hydrogens (primary N) is 1. The summed E-state index contributed by atoms with van der Waals surface area (Å²) in [4.78, 5) is 12.6. The number of benzene rings is 1. The van der Waals surface area contributed by atoms with Gasteiger partial charge >= 0.3 is 0 Å². The molecule has 1 aromatic rings. The van der Waals surface area contributed by atoms with Crippen LogP contribution in [-0.2, 0) is 0 Å². The van der Waals surface area contributed by atoms with Gasteiger partial charge in [-0.1, -0.05) is 6.42 Å². The quantitative estimate of drug-likeness (QED) is 0.495. The number of nitrogens with zero attached hydrogens (tertiary/aromatic N) is 2. The molecular formula is C13H17N3O2. The summed E-state index contributed by atoms with van der Waals surface area (Å²) in [5.74, 6) is 1.58. The fourth-order valence-electron chi connectivity index (χ4n) is 3.38. The fraction of sp³-hybridized carbons (Fsp3) is 0.538. The summed E-state index contributed by atoms with van der Waals surface area (Å²) in [7, 11) is 0. The lowest BCUT2D eigenvalue weighted by molar-refractivity contribution is -0.384. The van der Waals surface area contributed by atoms with Gasteiger partial charge in [0.15, 0.2) is 0 Å². The van der Waals surface area contributed by atoms with Crippen LogP contribution in [0.2, 0.25) is 0 Å². The average Bonchev–Trinajstić information content (AvgIpc) is 2.88. The third kappa shape index (κ3) is 1.79. The van der Waals surface area contributed by atoms with E-state index in [0.29, 0.717) is 5.69 Å². The number of non-ortho nitro benzene ring substituents is 1. The molecule has 2 fully saturated rings. The van der Waals surface area contributed by atoms with Crippen LogP contribution in [0.5, 0.6) is 0 Å². The number of nitrogen functional groups attached to an aromatic ring is 1. The second-order valence-electron chi connectivity index (χ2n) is 5.36. The van der Waals surface area contributed by atoms with E-state index in [-0.39, 0.29) is 5.69 Å². The Balaban J connectivity index is 1.83. The third-order valence-corrected chi connectivity index (χ3v) is 4.29. The largest absolute Gasteiger partial charge is 0.397 e. The van der Waals surface area contributed by atoms with E-state index in [2.05, 4.69) is 4.90 Å². The minimum absolute atomic E-state index is 0.0654. The molecule has 1 saturated heterocycles. The van der Waals surface area contributed by atoms with Crippen molar-refractivity contribution in [1.82, 2.24) is 0 Å². The Morgan fingerprint density at radius 3 is 2.50 bits per heavy atom. The van der Waals surface area contributed by atoms with E-state index >= 15 is 0 Å². The highest BCUT2D eigenvalue weighted by molar-refractivity contribution is 5.71. The predicted octanol–water partition coefficient (Wildman–Crippen LogP) is 2.41. The van der Waals surface area contributed by atoms with Gasteiger partial charge in [0.25, 0.3) is 5.69 Å². The van der Waals surface area contributed by atoms with Crippen LogP contribution in [0.3, 0.4) is 0 Å². The molecule has 3 rings (SSSR count). The topological polar surface area (TPSA) is 72.4 Å². The second-order valence-corrected chi connectivity index (χ2v) is 5.36. The van der Waals surface area contributed by atoms with Gasteiger partial charge in [0.1, 0.15) is 0 Å². The zero-order valence-electron chi connectivity index (χ0n) is 10.2. The lowest BCUT2D eigenvalue weighted by Gasteiger charge is -2.21. The van der Waals surface area contributed by atoms with Gasteiger partial charge in [-0.25, -0.2) is 0 Å². The molecule has 2 aliphatic rings. The molecule has 1 heterocycles. The van der Waals surface area contributed by atoms with Crippen molar-refractivity contribution in [2.75, 3.05) is 23.7 Å². The maximum absolute atomic E-state index is 10.7. The first-order valence-corrected chi connectivity index (χ1v) is 6.44. The summed E-state index contributed by atoms with van der Waals surface area (Å²) >= 11 is 0. The Hall–Kier alpha value is -1.78. The molecule has 2 atom stereocenters. The van der Waals surface area contributed by atoms with Gasteiger partial charge in [-0.05, 0) is 30.7 Å². The van der Waals surface area contributed by atoms with E-state index in [1.165, 1.54) is 25.3 Å². The summed E-state index contributed by atoms with van der Waals surface area (Å²) in [6.07, 6.45) is 3.97. The van der Waals surface area contributed by atoms with Gasteiger partial charge in [-0.3, -0.25) is 10.1 Å². The van der Waals surface area contributed by atoms with Gasteiger partial charge in [-0.15, -0.1) is 0 Å². The normalized spacial score (nSPS) is 26.3. The number of nitro groups is 1. The summed E-state index contributed by atoms with van der Waals surface area (Å²) in [5, 5.41) is 10.7. The first kappa shape index (κ1) is 11.3. The Morgan fingerprint density at radius 1 is 1.28 bits per heavy atom. The number of fused-ring (bicyclic) bond motifs is 1. The Bertz CT molecular complexity index is 477. The monoisotopic (exact) mass is 247 g/mol. The van der Waals surface area contributed by atoms with Crippen LogP contribution >= 0.6 is 0 Å². The van der Waals surface area contributed by atoms with Crippen LogP contribution in [0.15, 0.2) is 18.2 Å². The molecule has 0 spiro atoms. The summed E-state index contributed by atoms with van der Waals surface area (Å²) in [5.41, 5.74) is 7.48. The highest BCUT2D eigenvalue weighted by Gasteiger charge is 2.36. The van der Waals surface area contributed by atoms with E-state index in [4.69, 9.17) is 5.73 Å². The number of nitro benzene ring substituents is 1. The molecule has 1 aromatic carbocycles. The highest BCUT2D eigenvalue weighted by atomic mass is 16.6. The maximum atomic E-state index is 10.7. The molecule has 1 aliphatic heterocycles. The van der Waals surface area contributed by atoms with Crippen molar-refractivity contribution in [3.05, 3.63) is 28.3 Å². The molecule has 2 unspecified atom stereocenters. The molecule has 2 N–H and O–H groups in total. The molecule has 5 nitrogen and oxygen atoms in total. The number of hydrogen-bond acceptors (Lipinski definition) is 4. The van der Waals surface area contributed by atoms with Crippen LogP contribution in [0, 0.1) is 22.0 Å². The van der Waals surface area contributed by atoms with Crippen LogP contribution in [-0.4, -0.2) is 18.0 Å². The van der Waals surface area contributed by atoms with E-state index < -0.39 is 4.92 Å². The number of rotatable bonds is 2. The average molecular weight is 247 g/mol. The van der Waals surface area contributed by atoms with Gasteiger partial charge in [0.2, 0.25) is 0 Å². The van der Waals surface area contributed by atoms with Crippen molar-refractivity contribution in [2.45, 2.75) is 19.3 Å². The first-order chi connectivity index (χ1) is 8.65. The Labute approximate surface area is 106 Å². The van der Waals surface area contributed by atoms with Crippen LogP contribution in [0.1, 0.15) is 19.3 Å². The molecular weight excluding hydrogens is 230 g/mol. The van der Waals surface area contributed by atoms with E-state index in [1.807, 2.05) is 0 Å². The summed E-state index contributed by atoms with van der Waals surface area (Å²) in [6, 6.07) is 4.79. The number of anilines is 2. The van der Waals surface area contributed by atoms with Crippen molar-refractivity contribution in [2.24, 2.45) is 11.8 Å². The van der Waals surface area contributed by atoms with Crippen molar-refractivity contribution in [3.63, 3.8) is 0 Å². The molecule has 96 valence electrons. The second kappa shape index (κ2) is 4.15. The molecule has 5 heteroatoms. The van der Waals surface area contributed by atoms with Crippen molar-refractivity contribution in [1.29, 1.82) is 0 Å². The minimum Gasteiger partial charge on any atom is -0.397 e. The zero-order chi connectivity index (χ0) is 12.7. The fourth-order valence-corrected chi connectivity index (χ4v) is 3.38. The minimum atomic E-state index is -0.404. The molecule has 18 heavy (non-hydrogen) atoms. The van der Waals surface area contributed by atoms with Crippen LogP contribution in [0.4, 0.5) is 17.1 Å². The van der Waals surface area contributed by atoms with E-state index in [1.54, 1.807) is 12.1 Å².